The number of thioether (sulfide) groups is 1. The van der Waals surface area contributed by atoms with Crippen LogP contribution in [0.25, 0.3) is 0 Å². The number of hydrogen-bond donors (Lipinski definition) is 2. The number of carboxylic acids is 1. The van der Waals surface area contributed by atoms with Gasteiger partial charge in [0.15, 0.2) is 0 Å². The number of aryl methyl sites for hydroxylation is 1. The topological polar surface area (TPSA) is 49.3 Å². The summed E-state index contributed by atoms with van der Waals surface area (Å²) in [6, 6.07) is 5.99. The maximum Gasteiger partial charge on any atom is 0.319 e. The molecule has 2 N–H and O–H groups in total. The minimum Gasteiger partial charge on any atom is -0.480 e. The lowest BCUT2D eigenvalue weighted by molar-refractivity contribution is -0.136. The summed E-state index contributed by atoms with van der Waals surface area (Å²) in [5.74, 6) is -0.758. The Balaban J connectivity index is 2.33. The van der Waals surface area contributed by atoms with Gasteiger partial charge in [0.2, 0.25) is 0 Å². The monoisotopic (exact) mass is 223 g/mol. The molecular weight excluding hydrogens is 210 g/mol. The molecule has 0 amide bonds. The highest BCUT2D eigenvalue weighted by atomic mass is 32.2. The van der Waals surface area contributed by atoms with Crippen molar-refractivity contribution in [3.8, 4) is 0 Å². The average molecular weight is 223 g/mol. The van der Waals surface area contributed by atoms with Gasteiger partial charge < -0.3 is 10.4 Å². The predicted octanol–water partition coefficient (Wildman–Crippen LogP) is 2.35. The summed E-state index contributed by atoms with van der Waals surface area (Å²) in [6.45, 7) is 3.93. The first-order valence-electron chi connectivity index (χ1n) is 4.84. The van der Waals surface area contributed by atoms with Crippen LogP contribution in [0, 0.1) is 6.92 Å². The van der Waals surface area contributed by atoms with E-state index >= 15 is 0 Å². The lowest BCUT2D eigenvalue weighted by Crippen LogP contribution is -2.37. The van der Waals surface area contributed by atoms with Crippen LogP contribution in [0.3, 0.4) is 0 Å². The molecule has 1 heterocycles. The first-order valence-corrected chi connectivity index (χ1v) is 5.72. The maximum atomic E-state index is 11.0. The average Bonchev–Trinajstić information content (AvgIpc) is 2.15. The zero-order chi connectivity index (χ0) is 11.0. The Kier molecular flexibility index (Phi) is 2.61. The van der Waals surface area contributed by atoms with Crippen LogP contribution in [0.5, 0.6) is 0 Å². The molecule has 0 saturated heterocycles. The van der Waals surface area contributed by atoms with Gasteiger partial charge in [0.25, 0.3) is 0 Å². The van der Waals surface area contributed by atoms with E-state index < -0.39 is 11.2 Å². The van der Waals surface area contributed by atoms with Crippen molar-refractivity contribution in [3.63, 3.8) is 0 Å². The van der Waals surface area contributed by atoms with Crippen LogP contribution in [0.2, 0.25) is 0 Å². The molecule has 0 fully saturated rings. The van der Waals surface area contributed by atoms with E-state index in [9.17, 15) is 4.79 Å². The molecule has 1 aromatic carbocycles. The van der Waals surface area contributed by atoms with Crippen LogP contribution in [0.15, 0.2) is 23.1 Å². The summed E-state index contributed by atoms with van der Waals surface area (Å²) in [4.78, 5) is 12.0. The third kappa shape index (κ3) is 1.95. The lowest BCUT2D eigenvalue weighted by Gasteiger charge is -2.29. The number of aliphatic carboxylic acids is 1. The molecular formula is C11H13NO2S. The molecule has 0 saturated carbocycles. The largest absolute Gasteiger partial charge is 0.480 e. The second-order valence-corrected chi connectivity index (χ2v) is 4.99. The van der Waals surface area contributed by atoms with E-state index in [1.54, 1.807) is 0 Å². The number of rotatable bonds is 1. The summed E-state index contributed by atoms with van der Waals surface area (Å²) >= 11 is 1.42. The Bertz CT molecular complexity index is 406. The van der Waals surface area contributed by atoms with Gasteiger partial charge in [-0.15, -0.1) is 11.8 Å². The van der Waals surface area contributed by atoms with Gasteiger partial charge >= 0.3 is 5.97 Å². The van der Waals surface area contributed by atoms with Crippen molar-refractivity contribution < 1.29 is 9.90 Å². The fraction of sp³-hybridized carbons (Fsp3) is 0.364. The molecule has 0 bridgehead atoms. The van der Waals surface area contributed by atoms with Gasteiger partial charge in [-0.05, 0) is 31.5 Å². The molecule has 1 aromatic rings. The SMILES string of the molecule is Cc1ccc2c(c1)NC(C)C(C(=O)O)S2. The van der Waals surface area contributed by atoms with Crippen molar-refractivity contribution >= 4 is 23.4 Å². The van der Waals surface area contributed by atoms with Gasteiger partial charge in [-0.1, -0.05) is 6.07 Å². The van der Waals surface area contributed by atoms with Gasteiger partial charge in [0.1, 0.15) is 5.25 Å². The van der Waals surface area contributed by atoms with E-state index in [0.29, 0.717) is 0 Å². The fourth-order valence-electron chi connectivity index (χ4n) is 1.68. The summed E-state index contributed by atoms with van der Waals surface area (Å²) < 4.78 is 0. The van der Waals surface area contributed by atoms with E-state index in [-0.39, 0.29) is 6.04 Å². The van der Waals surface area contributed by atoms with Gasteiger partial charge in [0.05, 0.1) is 0 Å². The van der Waals surface area contributed by atoms with E-state index in [1.807, 2.05) is 26.0 Å². The lowest BCUT2D eigenvalue weighted by atomic mass is 10.1. The molecule has 2 unspecified atom stereocenters. The van der Waals surface area contributed by atoms with Crippen LogP contribution >= 0.6 is 11.8 Å². The van der Waals surface area contributed by atoms with E-state index in [1.165, 1.54) is 17.3 Å². The van der Waals surface area contributed by atoms with Crippen LogP contribution < -0.4 is 5.32 Å². The second kappa shape index (κ2) is 3.77. The van der Waals surface area contributed by atoms with Crippen LogP contribution in [-0.4, -0.2) is 22.4 Å². The van der Waals surface area contributed by atoms with Crippen molar-refractivity contribution in [3.05, 3.63) is 23.8 Å². The molecule has 1 aliphatic rings. The van der Waals surface area contributed by atoms with E-state index in [2.05, 4.69) is 11.4 Å². The van der Waals surface area contributed by atoms with Gasteiger partial charge in [0, 0.05) is 16.6 Å². The minimum atomic E-state index is -0.758. The third-order valence-corrected chi connectivity index (χ3v) is 3.94. The van der Waals surface area contributed by atoms with E-state index in [4.69, 9.17) is 5.11 Å². The first-order chi connectivity index (χ1) is 7.08. The number of carbonyl (C=O) groups is 1. The minimum absolute atomic E-state index is 0.0400. The molecule has 0 aromatic heterocycles. The smallest absolute Gasteiger partial charge is 0.319 e. The van der Waals surface area contributed by atoms with Crippen molar-refractivity contribution in [2.24, 2.45) is 0 Å². The van der Waals surface area contributed by atoms with Crippen molar-refractivity contribution in [1.82, 2.24) is 0 Å². The summed E-state index contributed by atoms with van der Waals surface area (Å²) in [5, 5.41) is 11.9. The molecule has 1 aliphatic heterocycles. The van der Waals surface area contributed by atoms with Crippen LogP contribution in [0.4, 0.5) is 5.69 Å². The molecule has 2 atom stereocenters. The zero-order valence-corrected chi connectivity index (χ0v) is 9.47. The highest BCUT2D eigenvalue weighted by molar-refractivity contribution is 8.00. The fourth-order valence-corrected chi connectivity index (χ4v) is 2.72. The number of carboxylic acid groups (broad SMARTS) is 1. The van der Waals surface area contributed by atoms with Crippen molar-refractivity contribution in [2.45, 2.75) is 30.0 Å². The summed E-state index contributed by atoms with van der Waals surface area (Å²) in [5.41, 5.74) is 2.23. The predicted molar refractivity (Wildman–Crippen MR) is 61.5 cm³/mol. The molecule has 0 spiro atoms. The number of anilines is 1. The van der Waals surface area contributed by atoms with Crippen molar-refractivity contribution in [1.29, 1.82) is 0 Å². The quantitative estimate of drug-likeness (QED) is 0.767. The van der Waals surface area contributed by atoms with Gasteiger partial charge in [-0.3, -0.25) is 4.79 Å². The molecule has 3 nitrogen and oxygen atoms in total. The Morgan fingerprint density at radius 1 is 1.53 bits per heavy atom. The Morgan fingerprint density at radius 3 is 2.93 bits per heavy atom. The maximum absolute atomic E-state index is 11.0. The van der Waals surface area contributed by atoms with E-state index in [0.717, 1.165) is 10.6 Å². The van der Waals surface area contributed by atoms with Gasteiger partial charge in [-0.2, -0.15) is 0 Å². The molecule has 4 heteroatoms. The third-order valence-electron chi connectivity index (χ3n) is 2.47. The number of fused-ring (bicyclic) bond motifs is 1. The molecule has 2 rings (SSSR count). The van der Waals surface area contributed by atoms with Gasteiger partial charge in [-0.25, -0.2) is 0 Å². The zero-order valence-electron chi connectivity index (χ0n) is 8.65. The Morgan fingerprint density at radius 2 is 2.27 bits per heavy atom. The standard InChI is InChI=1S/C11H13NO2S/c1-6-3-4-9-8(5-6)12-7(2)10(15-9)11(13)14/h3-5,7,10,12H,1-2H3,(H,13,14). The molecule has 80 valence electrons. The van der Waals surface area contributed by atoms with Crippen LogP contribution in [-0.2, 0) is 4.79 Å². The first kappa shape index (κ1) is 10.4. The second-order valence-electron chi connectivity index (χ2n) is 3.81. The number of hydrogen-bond acceptors (Lipinski definition) is 3. The normalized spacial score (nSPS) is 24.1. The van der Waals surface area contributed by atoms with Crippen molar-refractivity contribution in [2.75, 3.05) is 5.32 Å². The summed E-state index contributed by atoms with van der Waals surface area (Å²) in [6.07, 6.45) is 0. The Hall–Kier alpha value is -1.16. The summed E-state index contributed by atoms with van der Waals surface area (Å²) in [7, 11) is 0. The highest BCUT2D eigenvalue weighted by Gasteiger charge is 2.30. The molecule has 0 aliphatic carbocycles. The number of nitrogens with one attached hydrogen (secondary N) is 1. The Labute approximate surface area is 92.9 Å². The highest BCUT2D eigenvalue weighted by Crippen LogP contribution is 2.38. The molecule has 0 radical (unpaired) electrons. The van der Waals surface area contributed by atoms with Crippen LogP contribution in [0.1, 0.15) is 12.5 Å². The molecule has 15 heavy (non-hydrogen) atoms. The number of benzene rings is 1.